The van der Waals surface area contributed by atoms with Gasteiger partial charge in [0.25, 0.3) is 0 Å². The predicted molar refractivity (Wildman–Crippen MR) is 66.6 cm³/mol. The van der Waals surface area contributed by atoms with E-state index in [0.717, 1.165) is 5.19 Å². The smallest absolute Gasteiger partial charge is 0.0720 e. The summed E-state index contributed by atoms with van der Waals surface area (Å²) in [5.74, 6) is 0. The summed E-state index contributed by atoms with van der Waals surface area (Å²) in [4.78, 5) is 0. The number of hydrogen-bond donors (Lipinski definition) is 0. The molecule has 0 aliphatic heterocycles. The second-order valence-corrected chi connectivity index (χ2v) is 4.29. The van der Waals surface area contributed by atoms with Crippen molar-refractivity contribution < 1.29 is 0 Å². The molecule has 14 heavy (non-hydrogen) atoms. The molecule has 0 N–H and O–H groups in total. The molecule has 0 spiro atoms. The van der Waals surface area contributed by atoms with Crippen LogP contribution >= 0.6 is 9.24 Å². The molecule has 0 saturated heterocycles. The van der Waals surface area contributed by atoms with Gasteiger partial charge in [-0.15, -0.1) is 9.24 Å². The SMILES string of the molecule is [Si]c1ccccc1-c1ccccc1P. The van der Waals surface area contributed by atoms with Gasteiger partial charge in [-0.05, 0) is 16.4 Å². The van der Waals surface area contributed by atoms with Crippen LogP contribution in [0.4, 0.5) is 0 Å². The van der Waals surface area contributed by atoms with Gasteiger partial charge in [-0.3, -0.25) is 0 Å². The van der Waals surface area contributed by atoms with Gasteiger partial charge in [0.2, 0.25) is 0 Å². The summed E-state index contributed by atoms with van der Waals surface area (Å²) in [6.07, 6.45) is 0. The molecule has 0 heterocycles. The summed E-state index contributed by atoms with van der Waals surface area (Å²) in [6.45, 7) is 0. The van der Waals surface area contributed by atoms with Crippen LogP contribution in [0.2, 0.25) is 0 Å². The van der Waals surface area contributed by atoms with Gasteiger partial charge < -0.3 is 0 Å². The van der Waals surface area contributed by atoms with Crippen LogP contribution in [0.15, 0.2) is 48.5 Å². The largest absolute Gasteiger partial charge is 0.105 e. The van der Waals surface area contributed by atoms with Crippen LogP contribution in [0, 0.1) is 0 Å². The minimum absolute atomic E-state index is 1.13. The van der Waals surface area contributed by atoms with Gasteiger partial charge in [0.1, 0.15) is 0 Å². The van der Waals surface area contributed by atoms with E-state index in [-0.39, 0.29) is 0 Å². The van der Waals surface area contributed by atoms with Crippen molar-refractivity contribution in [2.45, 2.75) is 0 Å². The van der Waals surface area contributed by atoms with Crippen LogP contribution in [0.25, 0.3) is 11.1 Å². The minimum atomic E-state index is 1.13. The Labute approximate surface area is 90.0 Å². The molecule has 3 radical (unpaired) electrons. The Kier molecular flexibility index (Phi) is 2.81. The molecule has 1 unspecified atom stereocenters. The van der Waals surface area contributed by atoms with E-state index in [9.17, 15) is 0 Å². The van der Waals surface area contributed by atoms with Crippen molar-refractivity contribution in [3.63, 3.8) is 0 Å². The van der Waals surface area contributed by atoms with Gasteiger partial charge in [0.15, 0.2) is 0 Å². The second-order valence-electron chi connectivity index (χ2n) is 3.13. The molecule has 0 fully saturated rings. The van der Waals surface area contributed by atoms with Crippen LogP contribution in [0.1, 0.15) is 0 Å². The molecule has 0 nitrogen and oxygen atoms in total. The van der Waals surface area contributed by atoms with Gasteiger partial charge in [0, 0.05) is 0 Å². The van der Waals surface area contributed by atoms with Crippen molar-refractivity contribution in [1.82, 2.24) is 0 Å². The summed E-state index contributed by atoms with van der Waals surface area (Å²) in [5.41, 5.74) is 2.48. The maximum absolute atomic E-state index is 3.61. The first-order valence-electron chi connectivity index (χ1n) is 4.44. The Morgan fingerprint density at radius 1 is 0.786 bits per heavy atom. The summed E-state index contributed by atoms with van der Waals surface area (Å²) in [5, 5.41) is 2.35. The topological polar surface area (TPSA) is 0 Å². The third kappa shape index (κ3) is 1.79. The Morgan fingerprint density at radius 2 is 1.36 bits per heavy atom. The van der Waals surface area contributed by atoms with E-state index in [0.29, 0.717) is 0 Å². The fourth-order valence-corrected chi connectivity index (χ4v) is 2.14. The second kappa shape index (κ2) is 4.08. The van der Waals surface area contributed by atoms with E-state index in [2.05, 4.69) is 55.9 Å². The zero-order valence-electron chi connectivity index (χ0n) is 7.70. The van der Waals surface area contributed by atoms with Crippen molar-refractivity contribution >= 4 is 30.0 Å². The molecule has 0 amide bonds. The summed E-state index contributed by atoms with van der Waals surface area (Å²) >= 11 is 0. The molecule has 0 aliphatic carbocycles. The normalized spacial score (nSPS) is 10.1. The third-order valence-electron chi connectivity index (χ3n) is 2.18. The summed E-state index contributed by atoms with van der Waals surface area (Å²) in [7, 11) is 6.37. The van der Waals surface area contributed by atoms with Crippen LogP contribution in [0.3, 0.4) is 0 Å². The molecule has 2 rings (SSSR count). The van der Waals surface area contributed by atoms with Crippen molar-refractivity contribution in [2.75, 3.05) is 0 Å². The van der Waals surface area contributed by atoms with E-state index in [1.807, 2.05) is 12.1 Å². The lowest BCUT2D eigenvalue weighted by Gasteiger charge is -2.08. The van der Waals surface area contributed by atoms with Crippen molar-refractivity contribution in [1.29, 1.82) is 0 Å². The lowest BCUT2D eigenvalue weighted by atomic mass is 10.1. The van der Waals surface area contributed by atoms with E-state index in [1.54, 1.807) is 0 Å². The molecule has 2 heteroatoms. The summed E-state index contributed by atoms with van der Waals surface area (Å²) in [6, 6.07) is 16.6. The minimum Gasteiger partial charge on any atom is -0.105 e. The number of rotatable bonds is 1. The predicted octanol–water partition coefficient (Wildman–Crippen LogP) is 1.65. The quantitative estimate of drug-likeness (QED) is 0.499. The zero-order valence-corrected chi connectivity index (χ0v) is 9.85. The molecule has 0 saturated carbocycles. The standard InChI is InChI=1S/C12H10PSi/c13-11-7-3-1-5-9(11)10-6-2-4-8-12(10)14/h1-8H,13H2. The Morgan fingerprint density at radius 3 is 2.00 bits per heavy atom. The molecule has 67 valence electrons. The Hall–Kier alpha value is -0.913. The fraction of sp³-hybridized carbons (Fsp3) is 0. The van der Waals surface area contributed by atoms with Crippen molar-refractivity contribution in [3.8, 4) is 11.1 Å². The van der Waals surface area contributed by atoms with Crippen LogP contribution in [0.5, 0.6) is 0 Å². The monoisotopic (exact) mass is 213 g/mol. The highest BCUT2D eigenvalue weighted by Gasteiger charge is 2.02. The van der Waals surface area contributed by atoms with E-state index in [4.69, 9.17) is 0 Å². The first-order valence-corrected chi connectivity index (χ1v) is 5.52. The molecule has 2 aromatic rings. The van der Waals surface area contributed by atoms with E-state index in [1.165, 1.54) is 16.4 Å². The first-order chi connectivity index (χ1) is 6.79. The highest BCUT2D eigenvalue weighted by molar-refractivity contribution is 7.28. The van der Waals surface area contributed by atoms with Crippen molar-refractivity contribution in [3.05, 3.63) is 48.5 Å². The molecule has 0 aliphatic rings. The average Bonchev–Trinajstić information content (AvgIpc) is 2.20. The fourth-order valence-electron chi connectivity index (χ4n) is 1.46. The molecule has 0 bridgehead atoms. The lowest BCUT2D eigenvalue weighted by molar-refractivity contribution is 1.69. The maximum atomic E-state index is 3.61. The third-order valence-corrected chi connectivity index (χ3v) is 3.12. The number of hydrogen-bond acceptors (Lipinski definition) is 0. The van der Waals surface area contributed by atoms with Crippen LogP contribution in [-0.4, -0.2) is 10.2 Å². The molecule has 0 aromatic heterocycles. The summed E-state index contributed by atoms with van der Waals surface area (Å²) < 4.78 is 0. The first kappa shape index (κ1) is 9.63. The number of benzene rings is 2. The Bertz CT molecular complexity index is 408. The maximum Gasteiger partial charge on any atom is 0.0720 e. The Balaban J connectivity index is 2.61. The van der Waals surface area contributed by atoms with E-state index >= 15 is 0 Å². The lowest BCUT2D eigenvalue weighted by Crippen LogP contribution is -2.09. The molecule has 1 atom stereocenters. The highest BCUT2D eigenvalue weighted by atomic mass is 31.0. The average molecular weight is 213 g/mol. The molecule has 2 aromatic carbocycles. The molecular formula is C12H10PSi. The van der Waals surface area contributed by atoms with Gasteiger partial charge in [0.05, 0.1) is 10.2 Å². The van der Waals surface area contributed by atoms with Crippen LogP contribution in [-0.2, 0) is 0 Å². The zero-order chi connectivity index (χ0) is 9.97. The van der Waals surface area contributed by atoms with Gasteiger partial charge in [-0.25, -0.2) is 0 Å². The van der Waals surface area contributed by atoms with Gasteiger partial charge in [-0.2, -0.15) is 0 Å². The highest BCUT2D eigenvalue weighted by Crippen LogP contribution is 2.15. The van der Waals surface area contributed by atoms with Crippen LogP contribution < -0.4 is 10.5 Å². The van der Waals surface area contributed by atoms with Gasteiger partial charge >= 0.3 is 0 Å². The van der Waals surface area contributed by atoms with Gasteiger partial charge in [-0.1, -0.05) is 53.7 Å². The van der Waals surface area contributed by atoms with Crippen molar-refractivity contribution in [2.24, 2.45) is 0 Å². The van der Waals surface area contributed by atoms with E-state index < -0.39 is 0 Å². The molecular weight excluding hydrogens is 203 g/mol.